The molecule has 2 aromatic carbocycles. The SMILES string of the molecule is COC(=O)c1ccc2c(C(O)C(O)CNC(=O)OCc3ccccc3)[nH]nc2c1. The van der Waals surface area contributed by atoms with Gasteiger partial charge in [-0.15, -0.1) is 0 Å². The second-order valence-corrected chi connectivity index (χ2v) is 6.32. The van der Waals surface area contributed by atoms with Gasteiger partial charge in [0, 0.05) is 11.9 Å². The zero-order valence-corrected chi connectivity index (χ0v) is 15.7. The van der Waals surface area contributed by atoms with Crippen LogP contribution in [0.4, 0.5) is 4.79 Å². The Hall–Kier alpha value is -3.43. The molecule has 9 heteroatoms. The minimum absolute atomic E-state index is 0.0963. The molecule has 0 bridgehead atoms. The van der Waals surface area contributed by atoms with Crippen LogP contribution in [0.25, 0.3) is 10.9 Å². The third kappa shape index (κ3) is 4.89. The first-order chi connectivity index (χ1) is 14.0. The lowest BCUT2D eigenvalue weighted by molar-refractivity contribution is 0.0167. The molecule has 1 aromatic heterocycles. The minimum Gasteiger partial charge on any atom is -0.465 e. The normalized spacial score (nSPS) is 12.9. The number of hydrogen-bond donors (Lipinski definition) is 4. The highest BCUT2D eigenvalue weighted by Gasteiger charge is 2.24. The summed E-state index contributed by atoms with van der Waals surface area (Å²) in [7, 11) is 1.28. The van der Waals surface area contributed by atoms with Gasteiger partial charge in [-0.25, -0.2) is 9.59 Å². The number of alkyl carbamates (subject to hydrolysis) is 1. The van der Waals surface area contributed by atoms with E-state index in [0.717, 1.165) is 5.56 Å². The van der Waals surface area contributed by atoms with Crippen molar-refractivity contribution in [1.29, 1.82) is 0 Å². The fourth-order valence-electron chi connectivity index (χ4n) is 2.77. The molecule has 9 nitrogen and oxygen atoms in total. The summed E-state index contributed by atoms with van der Waals surface area (Å²) in [4.78, 5) is 23.4. The molecule has 0 aliphatic carbocycles. The van der Waals surface area contributed by atoms with Crippen LogP contribution in [0, 0.1) is 0 Å². The predicted octanol–water partition coefficient (Wildman–Crippen LogP) is 1.67. The number of ether oxygens (including phenoxy) is 2. The molecule has 1 heterocycles. The number of fused-ring (bicyclic) bond motifs is 1. The van der Waals surface area contributed by atoms with Crippen molar-refractivity contribution in [3.05, 3.63) is 65.4 Å². The number of hydrogen-bond acceptors (Lipinski definition) is 7. The lowest BCUT2D eigenvalue weighted by Crippen LogP contribution is -2.36. The zero-order valence-electron chi connectivity index (χ0n) is 15.7. The van der Waals surface area contributed by atoms with Gasteiger partial charge in [-0.2, -0.15) is 5.10 Å². The second kappa shape index (κ2) is 9.18. The van der Waals surface area contributed by atoms with E-state index < -0.39 is 24.3 Å². The van der Waals surface area contributed by atoms with Crippen LogP contribution in [0.5, 0.6) is 0 Å². The van der Waals surface area contributed by atoms with Crippen LogP contribution in [-0.4, -0.2) is 52.2 Å². The van der Waals surface area contributed by atoms with E-state index in [-0.39, 0.29) is 18.8 Å². The molecule has 0 saturated heterocycles. The maximum absolute atomic E-state index is 11.8. The number of aliphatic hydroxyl groups excluding tert-OH is 2. The number of methoxy groups -OCH3 is 1. The highest BCUT2D eigenvalue weighted by molar-refractivity contribution is 5.94. The van der Waals surface area contributed by atoms with Gasteiger partial charge in [-0.3, -0.25) is 5.10 Å². The molecule has 152 valence electrons. The molecule has 0 fully saturated rings. The van der Waals surface area contributed by atoms with E-state index in [1.807, 2.05) is 30.3 Å². The Morgan fingerprint density at radius 2 is 1.93 bits per heavy atom. The van der Waals surface area contributed by atoms with Crippen molar-refractivity contribution in [2.24, 2.45) is 0 Å². The molecule has 3 aromatic rings. The van der Waals surface area contributed by atoms with E-state index in [9.17, 15) is 19.8 Å². The summed E-state index contributed by atoms with van der Waals surface area (Å²) < 4.78 is 9.72. The molecule has 1 amide bonds. The number of H-pyrrole nitrogens is 1. The first-order valence-corrected chi connectivity index (χ1v) is 8.86. The number of aliphatic hydroxyl groups is 2. The van der Waals surface area contributed by atoms with Gasteiger partial charge >= 0.3 is 12.1 Å². The number of carbonyl (C=O) groups is 2. The maximum atomic E-state index is 11.8. The Labute approximate surface area is 166 Å². The van der Waals surface area contributed by atoms with E-state index in [0.29, 0.717) is 16.5 Å². The topological polar surface area (TPSA) is 134 Å². The summed E-state index contributed by atoms with van der Waals surface area (Å²) in [6, 6.07) is 13.8. The molecule has 0 saturated carbocycles. The first kappa shape index (κ1) is 20.3. The lowest BCUT2D eigenvalue weighted by Gasteiger charge is -2.17. The predicted molar refractivity (Wildman–Crippen MR) is 103 cm³/mol. The Bertz CT molecular complexity index is 988. The molecule has 29 heavy (non-hydrogen) atoms. The number of nitrogens with one attached hydrogen (secondary N) is 2. The van der Waals surface area contributed by atoms with Crippen molar-refractivity contribution in [1.82, 2.24) is 15.5 Å². The molecule has 2 atom stereocenters. The Morgan fingerprint density at radius 1 is 1.17 bits per heavy atom. The van der Waals surface area contributed by atoms with Gasteiger partial charge in [0.1, 0.15) is 18.8 Å². The Kier molecular flexibility index (Phi) is 6.43. The van der Waals surface area contributed by atoms with Gasteiger partial charge in [0.25, 0.3) is 0 Å². The van der Waals surface area contributed by atoms with Gasteiger partial charge in [0.2, 0.25) is 0 Å². The van der Waals surface area contributed by atoms with Crippen LogP contribution in [0.15, 0.2) is 48.5 Å². The smallest absolute Gasteiger partial charge is 0.407 e. The largest absolute Gasteiger partial charge is 0.465 e. The molecule has 0 aliphatic rings. The molecular weight excluding hydrogens is 378 g/mol. The lowest BCUT2D eigenvalue weighted by atomic mass is 10.1. The second-order valence-electron chi connectivity index (χ2n) is 6.32. The number of benzene rings is 2. The molecule has 4 N–H and O–H groups in total. The zero-order chi connectivity index (χ0) is 20.8. The minimum atomic E-state index is -1.33. The van der Waals surface area contributed by atoms with Crippen LogP contribution in [0.1, 0.15) is 27.7 Å². The highest BCUT2D eigenvalue weighted by Crippen LogP contribution is 2.25. The number of aromatic nitrogens is 2. The monoisotopic (exact) mass is 399 g/mol. The average Bonchev–Trinajstić information content (AvgIpc) is 3.18. The maximum Gasteiger partial charge on any atom is 0.407 e. The van der Waals surface area contributed by atoms with Gasteiger partial charge in [0.15, 0.2) is 0 Å². The third-order valence-corrected chi connectivity index (χ3v) is 4.33. The number of aromatic amines is 1. The van der Waals surface area contributed by atoms with Crippen molar-refractivity contribution in [3.63, 3.8) is 0 Å². The van der Waals surface area contributed by atoms with E-state index in [2.05, 4.69) is 20.3 Å². The van der Waals surface area contributed by atoms with Crippen LogP contribution in [-0.2, 0) is 16.1 Å². The molecule has 3 rings (SSSR count). The quantitative estimate of drug-likeness (QED) is 0.444. The molecule has 0 spiro atoms. The Morgan fingerprint density at radius 3 is 2.66 bits per heavy atom. The fourth-order valence-corrected chi connectivity index (χ4v) is 2.77. The van der Waals surface area contributed by atoms with Gasteiger partial charge in [-0.1, -0.05) is 30.3 Å². The van der Waals surface area contributed by atoms with Crippen molar-refractivity contribution in [2.75, 3.05) is 13.7 Å². The van der Waals surface area contributed by atoms with Crippen LogP contribution in [0.2, 0.25) is 0 Å². The van der Waals surface area contributed by atoms with Crippen LogP contribution in [0.3, 0.4) is 0 Å². The van der Waals surface area contributed by atoms with Crippen molar-refractivity contribution in [3.8, 4) is 0 Å². The van der Waals surface area contributed by atoms with Crippen LogP contribution >= 0.6 is 0 Å². The summed E-state index contributed by atoms with van der Waals surface area (Å²) >= 11 is 0. The summed E-state index contributed by atoms with van der Waals surface area (Å²) in [6.45, 7) is -0.130. The first-order valence-electron chi connectivity index (χ1n) is 8.86. The molecule has 2 unspecified atom stereocenters. The Balaban J connectivity index is 1.57. The average molecular weight is 399 g/mol. The number of nitrogens with zero attached hydrogens (tertiary/aromatic N) is 1. The molecule has 0 radical (unpaired) electrons. The van der Waals surface area contributed by atoms with E-state index in [1.54, 1.807) is 6.07 Å². The number of esters is 1. The summed E-state index contributed by atoms with van der Waals surface area (Å²) in [5.41, 5.74) is 1.85. The number of carbonyl (C=O) groups excluding carboxylic acids is 2. The van der Waals surface area contributed by atoms with Gasteiger partial charge in [0.05, 0.1) is 23.9 Å². The molecule has 0 aliphatic heterocycles. The van der Waals surface area contributed by atoms with Crippen molar-refractivity contribution >= 4 is 23.0 Å². The van der Waals surface area contributed by atoms with Gasteiger partial charge in [-0.05, 0) is 23.8 Å². The van der Waals surface area contributed by atoms with Crippen molar-refractivity contribution in [2.45, 2.75) is 18.8 Å². The van der Waals surface area contributed by atoms with Gasteiger partial charge < -0.3 is 25.0 Å². The summed E-state index contributed by atoms with van der Waals surface area (Å²) in [6.07, 6.45) is -3.35. The standard InChI is InChI=1S/C20H21N3O6/c1-28-19(26)13-7-8-14-15(9-13)22-23-17(14)18(25)16(24)10-21-20(27)29-11-12-5-3-2-4-6-12/h2-9,16,18,24-25H,10-11H2,1H3,(H,21,27)(H,22,23). The van der Waals surface area contributed by atoms with Crippen molar-refractivity contribution < 1.29 is 29.3 Å². The van der Waals surface area contributed by atoms with Crippen LogP contribution < -0.4 is 5.32 Å². The summed E-state index contributed by atoms with van der Waals surface area (Å²) in [5, 5.41) is 30.3. The fraction of sp³-hybridized carbons (Fsp3) is 0.250. The number of rotatable bonds is 7. The van der Waals surface area contributed by atoms with E-state index >= 15 is 0 Å². The third-order valence-electron chi connectivity index (χ3n) is 4.33. The summed E-state index contributed by atoms with van der Waals surface area (Å²) in [5.74, 6) is -0.504. The highest BCUT2D eigenvalue weighted by atomic mass is 16.5. The number of amides is 1. The van der Waals surface area contributed by atoms with E-state index in [1.165, 1.54) is 19.2 Å². The molecular formula is C20H21N3O6. The van der Waals surface area contributed by atoms with E-state index in [4.69, 9.17) is 4.74 Å².